The molecule has 0 heteroatoms. The first-order valence-electron chi connectivity index (χ1n) is 14.9. The summed E-state index contributed by atoms with van der Waals surface area (Å²) in [4.78, 5) is 0. The third kappa shape index (κ3) is 17.1. The maximum absolute atomic E-state index is 2.36. The van der Waals surface area contributed by atoms with Crippen molar-refractivity contribution in [3.8, 4) is 0 Å². The lowest BCUT2D eigenvalue weighted by molar-refractivity contribution is 0.746. The van der Waals surface area contributed by atoms with Gasteiger partial charge in [0.25, 0.3) is 0 Å². The molecule has 0 bridgehead atoms. The summed E-state index contributed by atoms with van der Waals surface area (Å²) in [5, 5.41) is 0. The number of benzene rings is 2. The van der Waals surface area contributed by atoms with Gasteiger partial charge >= 0.3 is 0 Å². The fourth-order valence-corrected chi connectivity index (χ4v) is 3.97. The van der Waals surface area contributed by atoms with Crippen molar-refractivity contribution in [1.29, 1.82) is 0 Å². The number of hydrogen-bond donors (Lipinski definition) is 0. The van der Waals surface area contributed by atoms with E-state index in [1.54, 1.807) is 5.57 Å². The fourth-order valence-electron chi connectivity index (χ4n) is 3.97. The van der Waals surface area contributed by atoms with E-state index in [0.29, 0.717) is 11.8 Å². The fraction of sp³-hybridized carbons (Fsp3) is 0.538. The SMILES string of the molecule is C.C.CC.CC.CC.CC(C)C1=CCc2ccccc21.CC1=CC=C(C(C)C)C1.Cc1cccc(C(C)C)c1. The van der Waals surface area contributed by atoms with E-state index in [1.807, 2.05) is 41.5 Å². The maximum atomic E-state index is 2.36. The molecule has 2 aliphatic rings. The Morgan fingerprint density at radius 3 is 1.56 bits per heavy atom. The van der Waals surface area contributed by atoms with Crippen LogP contribution in [0.15, 0.2) is 77.9 Å². The van der Waals surface area contributed by atoms with Gasteiger partial charge in [0, 0.05) is 0 Å². The second kappa shape index (κ2) is 25.9. The Labute approximate surface area is 247 Å². The van der Waals surface area contributed by atoms with E-state index in [-0.39, 0.29) is 14.9 Å². The van der Waals surface area contributed by atoms with Gasteiger partial charge in [0.1, 0.15) is 0 Å². The van der Waals surface area contributed by atoms with Crippen molar-refractivity contribution >= 4 is 5.57 Å². The number of rotatable bonds is 3. The van der Waals surface area contributed by atoms with Crippen molar-refractivity contribution in [3.63, 3.8) is 0 Å². The highest BCUT2D eigenvalue weighted by atomic mass is 14.2. The molecule has 0 nitrogen and oxygen atoms in total. The standard InChI is InChI=1S/C12H14.C10H14.C9H14.3C2H6.2CH4/c1-9(2)11-8-7-10-5-3-4-6-12(10)11;1-8(2)10-6-4-5-9(3)7-10;1-7(2)9-5-4-8(3)6-9;3*1-2;;/h3-6,8-9H,7H2,1-2H3;4-8H,1-3H3;4-5,7H,6H2,1-3H3;3*1-2H3;2*1H4. The quantitative estimate of drug-likeness (QED) is 0.366. The predicted molar refractivity (Wildman–Crippen MR) is 187 cm³/mol. The van der Waals surface area contributed by atoms with Gasteiger partial charge in [0.2, 0.25) is 0 Å². The van der Waals surface area contributed by atoms with E-state index in [1.165, 1.54) is 39.8 Å². The Balaban J connectivity index is -0.000000211. The van der Waals surface area contributed by atoms with Gasteiger partial charge in [-0.05, 0) is 66.7 Å². The monoisotopic (exact) mass is 537 g/mol. The minimum Gasteiger partial charge on any atom is -0.0776 e. The van der Waals surface area contributed by atoms with Crippen LogP contribution in [0.4, 0.5) is 0 Å². The molecule has 4 rings (SSSR count). The van der Waals surface area contributed by atoms with E-state index in [0.717, 1.165) is 12.3 Å². The lowest BCUT2D eigenvalue weighted by Crippen LogP contribution is -1.90. The largest absolute Gasteiger partial charge is 0.0776 e. The lowest BCUT2D eigenvalue weighted by atomic mass is 9.97. The lowest BCUT2D eigenvalue weighted by Gasteiger charge is -2.08. The third-order valence-electron chi connectivity index (χ3n) is 6.01. The first-order chi connectivity index (χ1) is 17.7. The topological polar surface area (TPSA) is 0 Å². The second-order valence-corrected chi connectivity index (χ2v) is 9.83. The van der Waals surface area contributed by atoms with Gasteiger partial charge in [0.05, 0.1) is 0 Å². The highest BCUT2D eigenvalue weighted by Gasteiger charge is 2.14. The van der Waals surface area contributed by atoms with Crippen LogP contribution in [0.3, 0.4) is 0 Å². The van der Waals surface area contributed by atoms with Gasteiger partial charge in [-0.25, -0.2) is 0 Å². The molecular formula is C39H68. The van der Waals surface area contributed by atoms with Crippen LogP contribution < -0.4 is 0 Å². The summed E-state index contributed by atoms with van der Waals surface area (Å²) in [6.45, 7) is 29.8. The Morgan fingerprint density at radius 1 is 0.615 bits per heavy atom. The molecule has 0 radical (unpaired) electrons. The molecule has 0 fully saturated rings. The zero-order valence-corrected chi connectivity index (χ0v) is 27.0. The summed E-state index contributed by atoms with van der Waals surface area (Å²) >= 11 is 0. The Kier molecular flexibility index (Phi) is 29.0. The summed E-state index contributed by atoms with van der Waals surface area (Å²) in [6, 6.07) is 17.4. The Morgan fingerprint density at radius 2 is 1.18 bits per heavy atom. The van der Waals surface area contributed by atoms with Crippen molar-refractivity contribution in [2.45, 2.75) is 131 Å². The van der Waals surface area contributed by atoms with Gasteiger partial charge in [-0.2, -0.15) is 0 Å². The van der Waals surface area contributed by atoms with Crippen molar-refractivity contribution in [1.82, 2.24) is 0 Å². The molecule has 0 amide bonds. The van der Waals surface area contributed by atoms with E-state index >= 15 is 0 Å². The number of hydrogen-bond acceptors (Lipinski definition) is 0. The average molecular weight is 537 g/mol. The molecule has 224 valence electrons. The minimum absolute atomic E-state index is 0. The van der Waals surface area contributed by atoms with Gasteiger partial charge < -0.3 is 0 Å². The van der Waals surface area contributed by atoms with Crippen molar-refractivity contribution < 1.29 is 0 Å². The van der Waals surface area contributed by atoms with E-state index in [2.05, 4.69) is 122 Å². The summed E-state index contributed by atoms with van der Waals surface area (Å²) in [7, 11) is 0. The van der Waals surface area contributed by atoms with E-state index in [9.17, 15) is 0 Å². The molecule has 39 heavy (non-hydrogen) atoms. The van der Waals surface area contributed by atoms with Crippen LogP contribution in [0.25, 0.3) is 5.57 Å². The molecule has 0 N–H and O–H groups in total. The van der Waals surface area contributed by atoms with Crippen molar-refractivity contribution in [3.05, 3.63) is 100 Å². The van der Waals surface area contributed by atoms with Crippen molar-refractivity contribution in [2.75, 3.05) is 0 Å². The molecule has 0 saturated carbocycles. The van der Waals surface area contributed by atoms with E-state index in [4.69, 9.17) is 0 Å². The Bertz CT molecular complexity index is 932. The maximum Gasteiger partial charge on any atom is -0.00853 e. The van der Waals surface area contributed by atoms with Crippen LogP contribution in [0.1, 0.15) is 139 Å². The first kappa shape index (κ1) is 43.7. The minimum atomic E-state index is 0. The molecule has 0 unspecified atom stereocenters. The van der Waals surface area contributed by atoms with Crippen LogP contribution in [0.2, 0.25) is 0 Å². The summed E-state index contributed by atoms with van der Waals surface area (Å²) in [5.41, 5.74) is 10.3. The van der Waals surface area contributed by atoms with Crippen LogP contribution in [-0.2, 0) is 6.42 Å². The summed E-state index contributed by atoms with van der Waals surface area (Å²) < 4.78 is 0. The van der Waals surface area contributed by atoms with E-state index < -0.39 is 0 Å². The van der Waals surface area contributed by atoms with Gasteiger partial charge in [-0.15, -0.1) is 0 Å². The summed E-state index contributed by atoms with van der Waals surface area (Å²) in [6.07, 6.45) is 9.16. The zero-order valence-electron chi connectivity index (χ0n) is 27.0. The molecule has 0 aliphatic heterocycles. The van der Waals surface area contributed by atoms with Gasteiger partial charge in [-0.3, -0.25) is 0 Å². The van der Waals surface area contributed by atoms with Crippen LogP contribution >= 0.6 is 0 Å². The molecule has 0 heterocycles. The highest BCUT2D eigenvalue weighted by molar-refractivity contribution is 5.73. The number of fused-ring (bicyclic) bond motifs is 1. The first-order valence-corrected chi connectivity index (χ1v) is 14.9. The molecular weight excluding hydrogens is 468 g/mol. The zero-order chi connectivity index (χ0) is 29.0. The number of allylic oxidation sites excluding steroid dienone is 6. The molecule has 2 aromatic rings. The van der Waals surface area contributed by atoms with Crippen molar-refractivity contribution in [2.24, 2.45) is 11.8 Å². The molecule has 0 aromatic heterocycles. The smallest absolute Gasteiger partial charge is 0.00853 e. The number of aryl methyl sites for hydroxylation is 1. The summed E-state index contributed by atoms with van der Waals surface area (Å²) in [5.74, 6) is 2.05. The molecule has 0 atom stereocenters. The molecule has 2 aromatic carbocycles. The van der Waals surface area contributed by atoms with Gasteiger partial charge in [-0.1, -0.05) is 181 Å². The van der Waals surface area contributed by atoms with Crippen LogP contribution in [-0.4, -0.2) is 0 Å². The molecule has 0 saturated heterocycles. The molecule has 0 spiro atoms. The second-order valence-electron chi connectivity index (χ2n) is 9.83. The molecule has 2 aliphatic carbocycles. The highest BCUT2D eigenvalue weighted by Crippen LogP contribution is 2.32. The predicted octanol–water partition coefficient (Wildman–Crippen LogP) is 13.7. The van der Waals surface area contributed by atoms with Crippen LogP contribution in [0.5, 0.6) is 0 Å². The normalized spacial score (nSPS) is 11.9. The van der Waals surface area contributed by atoms with Crippen LogP contribution in [0, 0.1) is 18.8 Å². The third-order valence-corrected chi connectivity index (χ3v) is 6.01. The average Bonchev–Trinajstić information content (AvgIpc) is 3.55. The Hall–Kier alpha value is -2.34. The van der Waals surface area contributed by atoms with Gasteiger partial charge in [0.15, 0.2) is 0 Å².